The summed E-state index contributed by atoms with van der Waals surface area (Å²) >= 11 is 0. The van der Waals surface area contributed by atoms with Gasteiger partial charge < -0.3 is 0 Å². The van der Waals surface area contributed by atoms with Crippen molar-refractivity contribution in [2.75, 3.05) is 0 Å². The zero-order valence-electron chi connectivity index (χ0n) is 10.8. The molecular formula is C11H13N3O6. The van der Waals surface area contributed by atoms with Crippen LogP contribution in [-0.4, -0.2) is 14.8 Å². The monoisotopic (exact) mass is 283 g/mol. The number of benzene rings is 1. The minimum Gasteiger partial charge on any atom is -0.258 e. The van der Waals surface area contributed by atoms with Gasteiger partial charge in [-0.3, -0.25) is 30.3 Å². The third kappa shape index (κ3) is 3.46. The molecule has 0 amide bonds. The summed E-state index contributed by atoms with van der Waals surface area (Å²) in [5, 5.41) is 32.6. The molecule has 0 aliphatic heterocycles. The molecule has 9 heteroatoms. The number of hydrogen-bond donors (Lipinski definition) is 0. The quantitative estimate of drug-likeness (QED) is 0.429. The maximum Gasteiger partial charge on any atom is 0.286 e. The molecule has 0 N–H and O–H groups in total. The van der Waals surface area contributed by atoms with Gasteiger partial charge >= 0.3 is 0 Å². The molecule has 0 spiro atoms. The first kappa shape index (κ1) is 15.5. The third-order valence-corrected chi connectivity index (χ3v) is 2.82. The van der Waals surface area contributed by atoms with Crippen molar-refractivity contribution >= 4 is 17.1 Å². The van der Waals surface area contributed by atoms with Crippen LogP contribution in [0.4, 0.5) is 17.1 Å². The Morgan fingerprint density at radius 1 is 0.900 bits per heavy atom. The van der Waals surface area contributed by atoms with Gasteiger partial charge in [-0.1, -0.05) is 19.8 Å². The number of nitro groups is 3. The lowest BCUT2D eigenvalue weighted by molar-refractivity contribution is -0.404. The van der Waals surface area contributed by atoms with E-state index in [1.165, 1.54) is 0 Å². The van der Waals surface area contributed by atoms with Crippen LogP contribution in [-0.2, 0) is 6.42 Å². The molecule has 0 aliphatic rings. The van der Waals surface area contributed by atoms with Crippen LogP contribution in [0.5, 0.6) is 0 Å². The smallest absolute Gasteiger partial charge is 0.258 e. The topological polar surface area (TPSA) is 129 Å². The Kier molecular flexibility index (Phi) is 5.07. The lowest BCUT2D eigenvalue weighted by Gasteiger charge is -2.04. The molecule has 0 bridgehead atoms. The van der Waals surface area contributed by atoms with Crippen molar-refractivity contribution in [3.8, 4) is 0 Å². The molecule has 0 unspecified atom stereocenters. The van der Waals surface area contributed by atoms with Gasteiger partial charge in [-0.25, -0.2) is 0 Å². The van der Waals surface area contributed by atoms with Crippen LogP contribution in [0.15, 0.2) is 12.1 Å². The van der Waals surface area contributed by atoms with Gasteiger partial charge in [0.15, 0.2) is 0 Å². The van der Waals surface area contributed by atoms with E-state index < -0.39 is 31.8 Å². The summed E-state index contributed by atoms with van der Waals surface area (Å²) in [7, 11) is 0. The zero-order valence-corrected chi connectivity index (χ0v) is 10.8. The summed E-state index contributed by atoms with van der Waals surface area (Å²) in [6, 6.07) is 1.54. The van der Waals surface area contributed by atoms with Gasteiger partial charge in [0.05, 0.1) is 26.9 Å². The molecule has 0 fully saturated rings. The average molecular weight is 283 g/mol. The Morgan fingerprint density at radius 3 is 1.75 bits per heavy atom. The van der Waals surface area contributed by atoms with Crippen molar-refractivity contribution in [3.05, 3.63) is 48.0 Å². The highest BCUT2D eigenvalue weighted by atomic mass is 16.6. The molecule has 0 saturated heterocycles. The van der Waals surface area contributed by atoms with Gasteiger partial charge in [-0.15, -0.1) is 0 Å². The summed E-state index contributed by atoms with van der Waals surface area (Å²) in [6.45, 7) is 1.93. The van der Waals surface area contributed by atoms with Gasteiger partial charge in [0.1, 0.15) is 5.56 Å². The lowest BCUT2D eigenvalue weighted by atomic mass is 10.0. The van der Waals surface area contributed by atoms with Crippen molar-refractivity contribution in [1.82, 2.24) is 0 Å². The van der Waals surface area contributed by atoms with E-state index in [0.717, 1.165) is 25.0 Å². The molecule has 1 aromatic carbocycles. The fourth-order valence-corrected chi connectivity index (χ4v) is 1.87. The van der Waals surface area contributed by atoms with Crippen molar-refractivity contribution in [2.24, 2.45) is 0 Å². The Balaban J connectivity index is 3.39. The van der Waals surface area contributed by atoms with E-state index in [0.29, 0.717) is 6.42 Å². The molecule has 108 valence electrons. The second-order valence-corrected chi connectivity index (χ2v) is 4.19. The van der Waals surface area contributed by atoms with Gasteiger partial charge in [0.25, 0.3) is 17.1 Å². The number of nitro benzene ring substituents is 3. The Bertz CT molecular complexity index is 522. The molecule has 1 aromatic rings. The van der Waals surface area contributed by atoms with Gasteiger partial charge in [-0.05, 0) is 12.8 Å². The minimum absolute atomic E-state index is 0.0564. The molecule has 0 aliphatic carbocycles. The highest BCUT2D eigenvalue weighted by molar-refractivity contribution is 5.60. The molecule has 0 heterocycles. The standard InChI is InChI=1S/C11H13N3O6/c1-2-3-4-5-9-10(13(17)18)6-8(12(15)16)7-11(9)14(19)20/h6-7H,2-5H2,1H3. The van der Waals surface area contributed by atoms with Crippen molar-refractivity contribution < 1.29 is 14.8 Å². The fourth-order valence-electron chi connectivity index (χ4n) is 1.87. The molecule has 0 saturated carbocycles. The van der Waals surface area contributed by atoms with Crippen LogP contribution in [0.3, 0.4) is 0 Å². The van der Waals surface area contributed by atoms with Crippen LogP contribution >= 0.6 is 0 Å². The Morgan fingerprint density at radius 2 is 1.40 bits per heavy atom. The van der Waals surface area contributed by atoms with E-state index >= 15 is 0 Å². The lowest BCUT2D eigenvalue weighted by Crippen LogP contribution is -2.03. The van der Waals surface area contributed by atoms with E-state index in [4.69, 9.17) is 0 Å². The van der Waals surface area contributed by atoms with Crippen LogP contribution in [0.25, 0.3) is 0 Å². The van der Waals surface area contributed by atoms with Crippen molar-refractivity contribution in [1.29, 1.82) is 0 Å². The van der Waals surface area contributed by atoms with E-state index in [-0.39, 0.29) is 12.0 Å². The van der Waals surface area contributed by atoms with E-state index in [2.05, 4.69) is 0 Å². The molecule has 9 nitrogen and oxygen atoms in total. The van der Waals surface area contributed by atoms with Gasteiger partial charge in [0, 0.05) is 0 Å². The first-order chi connectivity index (χ1) is 9.38. The van der Waals surface area contributed by atoms with Crippen LogP contribution in [0, 0.1) is 30.3 Å². The first-order valence-electron chi connectivity index (χ1n) is 5.98. The molecular weight excluding hydrogens is 270 g/mol. The van der Waals surface area contributed by atoms with E-state index in [9.17, 15) is 30.3 Å². The predicted molar refractivity (Wildman–Crippen MR) is 69.6 cm³/mol. The van der Waals surface area contributed by atoms with E-state index in [1.807, 2.05) is 6.92 Å². The van der Waals surface area contributed by atoms with Crippen molar-refractivity contribution in [3.63, 3.8) is 0 Å². The first-order valence-corrected chi connectivity index (χ1v) is 5.98. The Labute approximate surface area is 113 Å². The second kappa shape index (κ2) is 6.55. The fraction of sp³-hybridized carbons (Fsp3) is 0.455. The molecule has 20 heavy (non-hydrogen) atoms. The van der Waals surface area contributed by atoms with Crippen molar-refractivity contribution in [2.45, 2.75) is 32.6 Å². The maximum atomic E-state index is 11.0. The number of nitrogens with zero attached hydrogens (tertiary/aromatic N) is 3. The largest absolute Gasteiger partial charge is 0.286 e. The summed E-state index contributed by atoms with van der Waals surface area (Å²) in [5.41, 5.74) is -1.84. The highest BCUT2D eigenvalue weighted by Gasteiger charge is 2.29. The van der Waals surface area contributed by atoms with Crippen LogP contribution in [0.1, 0.15) is 31.7 Å². The Hall–Kier alpha value is -2.58. The summed E-state index contributed by atoms with van der Waals surface area (Å²) in [4.78, 5) is 30.1. The number of rotatable bonds is 7. The highest BCUT2D eigenvalue weighted by Crippen LogP contribution is 2.34. The average Bonchev–Trinajstić information content (AvgIpc) is 2.37. The maximum absolute atomic E-state index is 11.0. The molecule has 0 aromatic heterocycles. The van der Waals surface area contributed by atoms with Gasteiger partial charge in [-0.2, -0.15) is 0 Å². The molecule has 0 radical (unpaired) electrons. The molecule has 0 atom stereocenters. The normalized spacial score (nSPS) is 10.2. The molecule has 1 rings (SSSR count). The third-order valence-electron chi connectivity index (χ3n) is 2.82. The van der Waals surface area contributed by atoms with Gasteiger partial charge in [0.2, 0.25) is 0 Å². The van der Waals surface area contributed by atoms with E-state index in [1.54, 1.807) is 0 Å². The number of hydrogen-bond acceptors (Lipinski definition) is 6. The SMILES string of the molecule is CCCCCc1c([N+](=O)[O-])cc([N+](=O)[O-])cc1[N+](=O)[O-]. The van der Waals surface area contributed by atoms with Crippen LogP contribution < -0.4 is 0 Å². The second-order valence-electron chi connectivity index (χ2n) is 4.19. The van der Waals surface area contributed by atoms with Crippen LogP contribution in [0.2, 0.25) is 0 Å². The number of unbranched alkanes of at least 4 members (excludes halogenated alkanes) is 2. The minimum atomic E-state index is -0.879. The summed E-state index contributed by atoms with van der Waals surface area (Å²) in [6.07, 6.45) is 2.33. The zero-order chi connectivity index (χ0) is 15.3. The number of non-ortho nitro benzene ring substituents is 1. The summed E-state index contributed by atoms with van der Waals surface area (Å²) < 4.78 is 0. The summed E-state index contributed by atoms with van der Waals surface area (Å²) in [5.74, 6) is 0. The predicted octanol–water partition coefficient (Wildman–Crippen LogP) is 3.14.